The maximum atomic E-state index is 12.2. The molecule has 4 rings (SSSR count). The minimum absolute atomic E-state index is 0.137. The van der Waals surface area contributed by atoms with Gasteiger partial charge < -0.3 is 24.8 Å². The monoisotopic (exact) mass is 304 g/mol. The van der Waals surface area contributed by atoms with Crippen LogP contribution in [-0.2, 0) is 17.6 Å². The van der Waals surface area contributed by atoms with E-state index in [4.69, 9.17) is 14.2 Å². The standard InChI is InChI=1S/C16H20N2O4/c19-16(17-9-11-2-1-5-20-11)18-14-12-4-7-21-13(12)8-10-3-6-22-15(10)14/h8,11H,1-7,9H2,(H2,17,18,19). The smallest absolute Gasteiger partial charge is 0.319 e. The Balaban J connectivity index is 1.49. The lowest BCUT2D eigenvalue weighted by molar-refractivity contribution is 0.112. The van der Waals surface area contributed by atoms with Crippen LogP contribution in [0.5, 0.6) is 11.5 Å². The molecule has 0 bridgehead atoms. The molecule has 3 aliphatic rings. The zero-order chi connectivity index (χ0) is 14.9. The van der Waals surface area contributed by atoms with Crippen molar-refractivity contribution in [2.24, 2.45) is 0 Å². The van der Waals surface area contributed by atoms with Gasteiger partial charge in [-0.1, -0.05) is 0 Å². The molecule has 6 nitrogen and oxygen atoms in total. The fourth-order valence-corrected chi connectivity index (χ4v) is 3.29. The molecule has 3 heterocycles. The van der Waals surface area contributed by atoms with E-state index in [-0.39, 0.29) is 12.1 Å². The first-order valence-electron chi connectivity index (χ1n) is 7.92. The molecule has 6 heteroatoms. The molecule has 2 amide bonds. The van der Waals surface area contributed by atoms with Crippen molar-refractivity contribution in [3.05, 3.63) is 17.2 Å². The van der Waals surface area contributed by atoms with Gasteiger partial charge in [0.05, 0.1) is 25.0 Å². The number of hydrogen-bond donors (Lipinski definition) is 2. The highest BCUT2D eigenvalue weighted by Crippen LogP contribution is 2.44. The van der Waals surface area contributed by atoms with E-state index in [0.29, 0.717) is 19.8 Å². The average molecular weight is 304 g/mol. The van der Waals surface area contributed by atoms with Gasteiger partial charge in [-0.05, 0) is 18.9 Å². The lowest BCUT2D eigenvalue weighted by atomic mass is 10.0. The summed E-state index contributed by atoms with van der Waals surface area (Å²) in [5.41, 5.74) is 2.91. The predicted molar refractivity (Wildman–Crippen MR) is 80.8 cm³/mol. The molecule has 3 aliphatic heterocycles. The number of ether oxygens (including phenoxy) is 3. The van der Waals surface area contributed by atoms with Crippen LogP contribution in [0.25, 0.3) is 0 Å². The topological polar surface area (TPSA) is 68.8 Å². The van der Waals surface area contributed by atoms with Crippen molar-refractivity contribution < 1.29 is 19.0 Å². The molecule has 0 aromatic heterocycles. The van der Waals surface area contributed by atoms with Crippen LogP contribution in [0.2, 0.25) is 0 Å². The Morgan fingerprint density at radius 2 is 2.14 bits per heavy atom. The molecular weight excluding hydrogens is 284 g/mol. The number of anilines is 1. The van der Waals surface area contributed by atoms with Crippen molar-refractivity contribution in [3.63, 3.8) is 0 Å². The summed E-state index contributed by atoms with van der Waals surface area (Å²) in [6, 6.07) is 1.83. The average Bonchev–Trinajstić information content (AvgIpc) is 3.25. The Morgan fingerprint density at radius 1 is 1.23 bits per heavy atom. The fraction of sp³-hybridized carbons (Fsp3) is 0.562. The van der Waals surface area contributed by atoms with E-state index in [9.17, 15) is 4.79 Å². The van der Waals surface area contributed by atoms with Gasteiger partial charge in [-0.3, -0.25) is 0 Å². The number of urea groups is 1. The first kappa shape index (κ1) is 13.7. The molecule has 0 spiro atoms. The van der Waals surface area contributed by atoms with E-state index in [0.717, 1.165) is 60.6 Å². The molecule has 1 unspecified atom stereocenters. The van der Waals surface area contributed by atoms with E-state index in [2.05, 4.69) is 10.6 Å². The summed E-state index contributed by atoms with van der Waals surface area (Å²) < 4.78 is 16.9. The SMILES string of the molecule is O=C(NCC1CCCO1)Nc1c2c(cc3c1OCC3)OCC2. The van der Waals surface area contributed by atoms with Crippen LogP contribution < -0.4 is 20.1 Å². The van der Waals surface area contributed by atoms with Crippen molar-refractivity contribution in [2.45, 2.75) is 31.8 Å². The Morgan fingerprint density at radius 3 is 3.00 bits per heavy atom. The van der Waals surface area contributed by atoms with Crippen LogP contribution in [0.3, 0.4) is 0 Å². The number of hydrogen-bond acceptors (Lipinski definition) is 4. The third kappa shape index (κ3) is 2.47. The quantitative estimate of drug-likeness (QED) is 0.894. The van der Waals surface area contributed by atoms with Gasteiger partial charge in [0, 0.05) is 37.1 Å². The molecule has 118 valence electrons. The van der Waals surface area contributed by atoms with Gasteiger partial charge in [-0.2, -0.15) is 0 Å². The van der Waals surface area contributed by atoms with E-state index in [1.807, 2.05) is 6.07 Å². The van der Waals surface area contributed by atoms with Gasteiger partial charge in [0.2, 0.25) is 0 Å². The van der Waals surface area contributed by atoms with Crippen molar-refractivity contribution >= 4 is 11.7 Å². The minimum atomic E-state index is -0.214. The maximum Gasteiger partial charge on any atom is 0.319 e. The largest absolute Gasteiger partial charge is 0.493 e. The van der Waals surface area contributed by atoms with Gasteiger partial charge in [-0.15, -0.1) is 0 Å². The Hall–Kier alpha value is -1.95. The summed E-state index contributed by atoms with van der Waals surface area (Å²) in [6.45, 7) is 2.65. The number of fused-ring (bicyclic) bond motifs is 2. The van der Waals surface area contributed by atoms with Crippen LogP contribution in [0, 0.1) is 0 Å². The molecule has 0 radical (unpaired) electrons. The second kappa shape index (κ2) is 5.68. The third-order valence-corrected chi connectivity index (χ3v) is 4.40. The van der Waals surface area contributed by atoms with Crippen molar-refractivity contribution in [1.29, 1.82) is 0 Å². The Kier molecular flexibility index (Phi) is 3.54. The molecule has 0 saturated carbocycles. The molecule has 22 heavy (non-hydrogen) atoms. The van der Waals surface area contributed by atoms with E-state index in [1.54, 1.807) is 0 Å². The van der Waals surface area contributed by atoms with E-state index < -0.39 is 0 Å². The van der Waals surface area contributed by atoms with Crippen LogP contribution >= 0.6 is 0 Å². The molecule has 2 N–H and O–H groups in total. The lowest BCUT2D eigenvalue weighted by Gasteiger charge is -2.16. The van der Waals surface area contributed by atoms with Gasteiger partial charge in [0.15, 0.2) is 0 Å². The van der Waals surface area contributed by atoms with Gasteiger partial charge in [-0.25, -0.2) is 4.79 Å². The molecule has 1 saturated heterocycles. The highest BCUT2D eigenvalue weighted by atomic mass is 16.5. The fourth-order valence-electron chi connectivity index (χ4n) is 3.29. The number of amides is 2. The summed E-state index contributed by atoms with van der Waals surface area (Å²) in [4.78, 5) is 12.2. The third-order valence-electron chi connectivity index (χ3n) is 4.40. The number of carbonyl (C=O) groups is 1. The van der Waals surface area contributed by atoms with E-state index in [1.165, 1.54) is 0 Å². The molecule has 1 aromatic carbocycles. The second-order valence-corrected chi connectivity index (χ2v) is 5.88. The van der Waals surface area contributed by atoms with Crippen LogP contribution in [0.1, 0.15) is 24.0 Å². The summed E-state index contributed by atoms with van der Waals surface area (Å²) in [5.74, 6) is 1.68. The van der Waals surface area contributed by atoms with Crippen molar-refractivity contribution in [1.82, 2.24) is 5.32 Å². The zero-order valence-corrected chi connectivity index (χ0v) is 12.4. The number of benzene rings is 1. The van der Waals surface area contributed by atoms with Crippen LogP contribution in [0.15, 0.2) is 6.07 Å². The first-order chi connectivity index (χ1) is 10.8. The summed E-state index contributed by atoms with van der Waals surface area (Å²) in [6.07, 6.45) is 3.87. The normalized spacial score (nSPS) is 21.7. The molecule has 0 aliphatic carbocycles. The van der Waals surface area contributed by atoms with Gasteiger partial charge in [0.25, 0.3) is 0 Å². The predicted octanol–water partition coefficient (Wildman–Crippen LogP) is 1.86. The first-order valence-corrected chi connectivity index (χ1v) is 7.92. The molecular formula is C16H20N2O4. The Bertz CT molecular complexity index is 564. The Labute approximate surface area is 129 Å². The van der Waals surface area contributed by atoms with Gasteiger partial charge in [0.1, 0.15) is 11.5 Å². The summed E-state index contributed by atoms with van der Waals surface area (Å²) in [5, 5.41) is 5.84. The zero-order valence-electron chi connectivity index (χ0n) is 12.4. The number of rotatable bonds is 3. The number of nitrogens with one attached hydrogen (secondary N) is 2. The number of carbonyl (C=O) groups excluding carboxylic acids is 1. The maximum absolute atomic E-state index is 12.2. The summed E-state index contributed by atoms with van der Waals surface area (Å²) >= 11 is 0. The molecule has 1 aromatic rings. The molecule has 1 atom stereocenters. The highest BCUT2D eigenvalue weighted by Gasteiger charge is 2.27. The second-order valence-electron chi connectivity index (χ2n) is 5.88. The van der Waals surface area contributed by atoms with Crippen molar-refractivity contribution in [2.75, 3.05) is 31.7 Å². The van der Waals surface area contributed by atoms with E-state index >= 15 is 0 Å². The van der Waals surface area contributed by atoms with Gasteiger partial charge >= 0.3 is 6.03 Å². The highest BCUT2D eigenvalue weighted by molar-refractivity contribution is 5.93. The van der Waals surface area contributed by atoms with Crippen LogP contribution in [-0.4, -0.2) is 38.5 Å². The lowest BCUT2D eigenvalue weighted by Crippen LogP contribution is -2.35. The molecule has 1 fully saturated rings. The summed E-state index contributed by atoms with van der Waals surface area (Å²) in [7, 11) is 0. The minimum Gasteiger partial charge on any atom is -0.493 e. The van der Waals surface area contributed by atoms with Crippen LogP contribution in [0.4, 0.5) is 10.5 Å². The van der Waals surface area contributed by atoms with Crippen molar-refractivity contribution in [3.8, 4) is 11.5 Å².